The molecule has 0 heterocycles. The van der Waals surface area contributed by atoms with Gasteiger partial charge in [0.05, 0.1) is 26.4 Å². The summed E-state index contributed by atoms with van der Waals surface area (Å²) < 4.78 is 68.4. The Morgan fingerprint density at radius 2 is 0.540 bits per heavy atom. The van der Waals surface area contributed by atoms with E-state index >= 15 is 0 Å². The molecule has 0 aliphatic heterocycles. The maximum atomic E-state index is 13.1. The number of allylic oxidation sites excluding steroid dienone is 24. The maximum Gasteiger partial charge on any atom is 0.472 e. The molecule has 0 aliphatic carbocycles. The largest absolute Gasteiger partial charge is 0.472 e. The number of unbranched alkanes of at least 4 members (excludes halogenated alkanes) is 20. The zero-order valence-electron chi connectivity index (χ0n) is 62.1. The number of ether oxygens (including phenoxy) is 4. The summed E-state index contributed by atoms with van der Waals surface area (Å²) in [6.45, 7) is 4.43. The van der Waals surface area contributed by atoms with Crippen molar-refractivity contribution in [3.63, 3.8) is 0 Å². The van der Waals surface area contributed by atoms with Crippen LogP contribution in [-0.2, 0) is 65.4 Å². The van der Waals surface area contributed by atoms with Crippen LogP contribution in [0.2, 0.25) is 0 Å². The van der Waals surface area contributed by atoms with E-state index in [0.29, 0.717) is 25.7 Å². The van der Waals surface area contributed by atoms with E-state index in [1.165, 1.54) is 25.7 Å². The molecule has 5 unspecified atom stereocenters. The highest BCUT2D eigenvalue weighted by atomic mass is 31.2. The van der Waals surface area contributed by atoms with Gasteiger partial charge in [0.1, 0.15) is 19.3 Å². The second kappa shape index (κ2) is 72.3. The van der Waals surface area contributed by atoms with Gasteiger partial charge in [-0.15, -0.1) is 0 Å². The molecule has 0 bridgehead atoms. The normalized spacial score (nSPS) is 14.8. The third-order valence-electron chi connectivity index (χ3n) is 15.2. The van der Waals surface area contributed by atoms with Gasteiger partial charge in [-0.25, -0.2) is 9.13 Å². The second-order valence-electron chi connectivity index (χ2n) is 24.8. The summed E-state index contributed by atoms with van der Waals surface area (Å²) in [6, 6.07) is 0. The van der Waals surface area contributed by atoms with E-state index in [1.807, 2.05) is 0 Å². The first-order valence-electron chi connectivity index (χ1n) is 38.1. The van der Waals surface area contributed by atoms with Crippen molar-refractivity contribution in [3.05, 3.63) is 146 Å². The molecule has 3 N–H and O–H groups in total. The number of esters is 4. The van der Waals surface area contributed by atoms with Gasteiger partial charge in [-0.2, -0.15) is 0 Å². The van der Waals surface area contributed by atoms with Gasteiger partial charge in [-0.3, -0.25) is 37.3 Å². The molecule has 0 saturated heterocycles. The zero-order valence-corrected chi connectivity index (χ0v) is 63.9. The summed E-state index contributed by atoms with van der Waals surface area (Å²) in [7, 11) is -9.98. The summed E-state index contributed by atoms with van der Waals surface area (Å²) in [5.41, 5.74) is 0. The number of carbonyl (C=O) groups excluding carboxylic acids is 4. The van der Waals surface area contributed by atoms with Gasteiger partial charge in [-0.1, -0.05) is 244 Å². The van der Waals surface area contributed by atoms with E-state index in [2.05, 4.69) is 174 Å². The van der Waals surface area contributed by atoms with E-state index in [1.54, 1.807) is 0 Å². The first-order chi connectivity index (χ1) is 48.7. The standard InChI is InChI=1S/C81H134O17P2/c1-5-9-13-17-21-25-29-33-35-36-37-38-40-44-46-50-54-58-62-66-79(84)92-72-77(98-81(86)68-64-60-56-52-48-42-32-28-24-20-16-12-8-4)74-96-100(89,90)94-70-75(82)69-93-99(87,88)95-73-76(97-80(85)67-63-59-55-51-47-41-31-27-23-19-15-11-7-3)71-91-78(83)65-61-57-53-49-45-43-39-34-30-26-22-18-14-10-6-2/h9-10,13-14,16,20-22,25-28,31-35,37-39,44-46,49,75-77,82H,5-8,11-12,15,17-19,23-24,29-30,36,40-43,47-48,50-74H2,1-4H3,(H,87,88)(H,89,90)/b13-9-,14-10-,20-16-,25-21-,26-22-,31-27-,32-28-,35-33-,38-37-,39-34-,46-44-,49-45-. The van der Waals surface area contributed by atoms with Crippen LogP contribution in [-0.4, -0.2) is 96.7 Å². The number of hydrogen-bond acceptors (Lipinski definition) is 15. The average Bonchev–Trinajstić information content (AvgIpc) is 0.935. The number of aliphatic hydroxyl groups is 1. The molecule has 570 valence electrons. The summed E-state index contributed by atoms with van der Waals surface area (Å²) in [4.78, 5) is 72.8. The lowest BCUT2D eigenvalue weighted by atomic mass is 10.1. The van der Waals surface area contributed by atoms with Crippen molar-refractivity contribution in [2.75, 3.05) is 39.6 Å². The monoisotopic (exact) mass is 1440 g/mol. The first kappa shape index (κ1) is 94.9. The highest BCUT2D eigenvalue weighted by Crippen LogP contribution is 2.45. The van der Waals surface area contributed by atoms with Crippen LogP contribution in [0.1, 0.15) is 285 Å². The molecule has 0 spiro atoms. The maximum absolute atomic E-state index is 13.1. The van der Waals surface area contributed by atoms with Crippen LogP contribution >= 0.6 is 15.6 Å². The fourth-order valence-electron chi connectivity index (χ4n) is 9.50. The van der Waals surface area contributed by atoms with E-state index in [-0.39, 0.29) is 25.7 Å². The number of phosphoric acid groups is 2. The Morgan fingerprint density at radius 3 is 0.880 bits per heavy atom. The predicted molar refractivity (Wildman–Crippen MR) is 408 cm³/mol. The van der Waals surface area contributed by atoms with Gasteiger partial charge >= 0.3 is 39.5 Å². The van der Waals surface area contributed by atoms with E-state index in [4.69, 9.17) is 37.0 Å². The Kier molecular flexibility index (Phi) is 68.6. The fraction of sp³-hybridized carbons (Fsp3) is 0.654. The number of carbonyl (C=O) groups is 4. The van der Waals surface area contributed by atoms with Gasteiger partial charge in [0.25, 0.3) is 0 Å². The Morgan fingerprint density at radius 1 is 0.290 bits per heavy atom. The van der Waals surface area contributed by atoms with Crippen molar-refractivity contribution < 1.29 is 80.2 Å². The van der Waals surface area contributed by atoms with Crippen molar-refractivity contribution in [1.82, 2.24) is 0 Å². The number of aliphatic hydroxyl groups excluding tert-OH is 1. The molecule has 19 heteroatoms. The second-order valence-corrected chi connectivity index (χ2v) is 27.7. The summed E-state index contributed by atoms with van der Waals surface area (Å²) in [5.74, 6) is -2.29. The van der Waals surface area contributed by atoms with Gasteiger partial charge in [-0.05, 0) is 161 Å². The molecule has 100 heavy (non-hydrogen) atoms. The molecule has 0 fully saturated rings. The molecule has 0 aromatic rings. The highest BCUT2D eigenvalue weighted by molar-refractivity contribution is 7.47. The van der Waals surface area contributed by atoms with Crippen LogP contribution in [0.5, 0.6) is 0 Å². The third kappa shape index (κ3) is 71.3. The van der Waals surface area contributed by atoms with Gasteiger partial charge < -0.3 is 33.8 Å². The molecule has 0 amide bonds. The Labute approximate surface area is 605 Å². The molecule has 17 nitrogen and oxygen atoms in total. The van der Waals surface area contributed by atoms with Crippen LogP contribution < -0.4 is 0 Å². The van der Waals surface area contributed by atoms with Gasteiger partial charge in [0.15, 0.2) is 12.2 Å². The Hall–Kier alpha value is -5.06. The zero-order chi connectivity index (χ0) is 73.2. The number of hydrogen-bond donors (Lipinski definition) is 3. The van der Waals surface area contributed by atoms with Crippen molar-refractivity contribution in [3.8, 4) is 0 Å². The SMILES string of the molecule is CC/C=C\C/C=C\C/C=C\C/C=C\C/C=C\CCCCCC(=O)OCC(COP(=O)(O)OCC(O)COP(=O)(O)OCC(COC(=O)CCCC/C=C\C/C=C\C/C=C\C/C=C\CC)OC(=O)CCCCCCC/C=C\CCCCCC)OC(=O)CCCCCCC/C=C\C/C=C\CCC. The van der Waals surface area contributed by atoms with E-state index < -0.39 is 97.5 Å². The average molecular weight is 1440 g/mol. The van der Waals surface area contributed by atoms with Crippen LogP contribution in [0, 0.1) is 0 Å². The minimum Gasteiger partial charge on any atom is -0.462 e. The first-order valence-corrected chi connectivity index (χ1v) is 41.1. The predicted octanol–water partition coefficient (Wildman–Crippen LogP) is 21.9. The summed E-state index contributed by atoms with van der Waals surface area (Å²) in [5, 5.41) is 10.6. The van der Waals surface area contributed by atoms with E-state index in [9.17, 15) is 43.2 Å². The fourth-order valence-corrected chi connectivity index (χ4v) is 11.1. The molecule has 0 aromatic heterocycles. The molecule has 0 rings (SSSR count). The summed E-state index contributed by atoms with van der Waals surface area (Å²) in [6.07, 6.45) is 81.3. The highest BCUT2D eigenvalue weighted by Gasteiger charge is 2.30. The minimum atomic E-state index is -4.99. The molecular weight excluding hydrogens is 1310 g/mol. The Bertz CT molecular complexity index is 2470. The van der Waals surface area contributed by atoms with Crippen LogP contribution in [0.25, 0.3) is 0 Å². The van der Waals surface area contributed by atoms with Crippen molar-refractivity contribution in [2.45, 2.75) is 303 Å². The molecule has 0 radical (unpaired) electrons. The number of rotatable bonds is 70. The lowest BCUT2D eigenvalue weighted by Gasteiger charge is -2.21. The quantitative estimate of drug-likeness (QED) is 0.0169. The van der Waals surface area contributed by atoms with Gasteiger partial charge in [0.2, 0.25) is 0 Å². The van der Waals surface area contributed by atoms with E-state index in [0.717, 1.165) is 180 Å². The molecule has 0 aromatic carbocycles. The van der Waals surface area contributed by atoms with Crippen molar-refractivity contribution in [2.24, 2.45) is 0 Å². The molecule has 0 saturated carbocycles. The molecule has 5 atom stereocenters. The van der Waals surface area contributed by atoms with Crippen LogP contribution in [0.15, 0.2) is 146 Å². The lowest BCUT2D eigenvalue weighted by Crippen LogP contribution is -2.30. The van der Waals surface area contributed by atoms with Gasteiger partial charge in [0, 0.05) is 25.7 Å². The molecule has 0 aliphatic rings. The lowest BCUT2D eigenvalue weighted by molar-refractivity contribution is -0.161. The van der Waals surface area contributed by atoms with Crippen LogP contribution in [0.4, 0.5) is 0 Å². The topological polar surface area (TPSA) is 237 Å². The smallest absolute Gasteiger partial charge is 0.462 e. The molecular formula is C81H134O17P2. The van der Waals surface area contributed by atoms with Crippen molar-refractivity contribution >= 4 is 39.5 Å². The third-order valence-corrected chi connectivity index (χ3v) is 17.2. The Balaban J connectivity index is 5.42. The number of phosphoric ester groups is 2. The van der Waals surface area contributed by atoms with Crippen molar-refractivity contribution in [1.29, 1.82) is 0 Å². The summed E-state index contributed by atoms with van der Waals surface area (Å²) >= 11 is 0. The minimum absolute atomic E-state index is 0.0657. The van der Waals surface area contributed by atoms with Crippen LogP contribution in [0.3, 0.4) is 0 Å².